The molecule has 0 aliphatic carbocycles. The Morgan fingerprint density at radius 1 is 1.63 bits per heavy atom. The SMILES string of the molecule is COCc1cc(C2CCN(C(=O)[C@H](C)O)CC2)n[nH]1. The highest BCUT2D eigenvalue weighted by Crippen LogP contribution is 2.27. The smallest absolute Gasteiger partial charge is 0.251 e. The van der Waals surface area contributed by atoms with Crippen molar-refractivity contribution >= 4 is 5.91 Å². The van der Waals surface area contributed by atoms with Crippen LogP contribution < -0.4 is 0 Å². The fraction of sp³-hybridized carbons (Fsp3) is 0.692. The lowest BCUT2D eigenvalue weighted by Crippen LogP contribution is -2.42. The number of likely N-dealkylation sites (tertiary alicyclic amines) is 1. The summed E-state index contributed by atoms with van der Waals surface area (Å²) >= 11 is 0. The second-order valence-corrected chi connectivity index (χ2v) is 5.03. The predicted octanol–water partition coefficient (Wildman–Crippen LogP) is 0.643. The van der Waals surface area contributed by atoms with E-state index in [1.165, 1.54) is 6.92 Å². The quantitative estimate of drug-likeness (QED) is 0.839. The summed E-state index contributed by atoms with van der Waals surface area (Å²) in [5, 5.41) is 16.6. The second kappa shape index (κ2) is 6.16. The minimum absolute atomic E-state index is 0.180. The number of aliphatic hydroxyl groups is 1. The number of piperidine rings is 1. The molecular formula is C13H21N3O3. The van der Waals surface area contributed by atoms with Crippen LogP contribution in [0.15, 0.2) is 6.07 Å². The van der Waals surface area contributed by atoms with Crippen LogP contribution in [-0.4, -0.2) is 52.4 Å². The zero-order chi connectivity index (χ0) is 13.8. The van der Waals surface area contributed by atoms with Crippen molar-refractivity contribution in [3.05, 3.63) is 17.5 Å². The number of aromatic nitrogens is 2. The molecule has 1 aliphatic rings. The molecule has 6 nitrogen and oxygen atoms in total. The Bertz CT molecular complexity index is 423. The highest BCUT2D eigenvalue weighted by Gasteiger charge is 2.26. The van der Waals surface area contributed by atoms with Gasteiger partial charge in [-0.25, -0.2) is 0 Å². The maximum Gasteiger partial charge on any atom is 0.251 e. The molecule has 0 saturated carbocycles. The first-order valence-electron chi connectivity index (χ1n) is 6.61. The van der Waals surface area contributed by atoms with Crippen LogP contribution >= 0.6 is 0 Å². The van der Waals surface area contributed by atoms with Gasteiger partial charge in [-0.3, -0.25) is 9.89 Å². The summed E-state index contributed by atoms with van der Waals surface area (Å²) in [5.74, 6) is 0.195. The van der Waals surface area contributed by atoms with Crippen LogP contribution in [0.3, 0.4) is 0 Å². The average molecular weight is 267 g/mol. The highest BCUT2D eigenvalue weighted by atomic mass is 16.5. The Balaban J connectivity index is 1.90. The number of nitrogens with one attached hydrogen (secondary N) is 1. The van der Waals surface area contributed by atoms with Crippen molar-refractivity contribution in [3.8, 4) is 0 Å². The topological polar surface area (TPSA) is 78.4 Å². The molecule has 1 aromatic rings. The van der Waals surface area contributed by atoms with E-state index in [-0.39, 0.29) is 5.91 Å². The minimum atomic E-state index is -0.907. The van der Waals surface area contributed by atoms with Crippen molar-refractivity contribution in [3.63, 3.8) is 0 Å². The van der Waals surface area contributed by atoms with Crippen LogP contribution in [0.1, 0.15) is 37.1 Å². The fourth-order valence-corrected chi connectivity index (χ4v) is 2.48. The maximum absolute atomic E-state index is 11.7. The monoisotopic (exact) mass is 267 g/mol. The Morgan fingerprint density at radius 2 is 2.32 bits per heavy atom. The first-order chi connectivity index (χ1) is 9.11. The van der Waals surface area contributed by atoms with Gasteiger partial charge in [-0.1, -0.05) is 0 Å². The molecule has 19 heavy (non-hydrogen) atoms. The molecule has 2 N–H and O–H groups in total. The molecule has 1 atom stereocenters. The number of rotatable bonds is 4. The molecule has 0 unspecified atom stereocenters. The number of methoxy groups -OCH3 is 1. The first-order valence-corrected chi connectivity index (χ1v) is 6.61. The molecular weight excluding hydrogens is 246 g/mol. The lowest BCUT2D eigenvalue weighted by Gasteiger charge is -2.32. The maximum atomic E-state index is 11.7. The number of nitrogens with zero attached hydrogens (tertiary/aromatic N) is 2. The minimum Gasteiger partial charge on any atom is -0.384 e. The third-order valence-electron chi connectivity index (χ3n) is 3.53. The summed E-state index contributed by atoms with van der Waals surface area (Å²) in [6.45, 7) is 3.41. The third kappa shape index (κ3) is 3.33. The summed E-state index contributed by atoms with van der Waals surface area (Å²) < 4.78 is 5.05. The molecule has 0 spiro atoms. The summed E-state index contributed by atoms with van der Waals surface area (Å²) in [5.41, 5.74) is 2.01. The van der Waals surface area contributed by atoms with Crippen LogP contribution in [0.5, 0.6) is 0 Å². The molecule has 0 bridgehead atoms. The van der Waals surface area contributed by atoms with E-state index in [9.17, 15) is 9.90 Å². The van der Waals surface area contributed by atoms with Gasteiger partial charge in [0, 0.05) is 26.1 Å². The molecule has 2 rings (SSSR count). The molecule has 0 aromatic carbocycles. The van der Waals surface area contributed by atoms with Crippen LogP contribution in [0.25, 0.3) is 0 Å². The fourth-order valence-electron chi connectivity index (χ4n) is 2.48. The second-order valence-electron chi connectivity index (χ2n) is 5.03. The molecule has 6 heteroatoms. The number of carbonyl (C=O) groups is 1. The number of amides is 1. The largest absolute Gasteiger partial charge is 0.384 e. The van der Waals surface area contributed by atoms with Crippen LogP contribution in [-0.2, 0) is 16.1 Å². The molecule has 1 fully saturated rings. The van der Waals surface area contributed by atoms with Gasteiger partial charge < -0.3 is 14.7 Å². The summed E-state index contributed by atoms with van der Waals surface area (Å²) in [6, 6.07) is 2.03. The molecule has 1 aliphatic heterocycles. The molecule has 1 saturated heterocycles. The lowest BCUT2D eigenvalue weighted by molar-refractivity contribution is -0.140. The number of H-pyrrole nitrogens is 1. The van der Waals surface area contributed by atoms with Gasteiger partial charge in [0.15, 0.2) is 0 Å². The van der Waals surface area contributed by atoms with Gasteiger partial charge in [0.05, 0.1) is 18.0 Å². The van der Waals surface area contributed by atoms with Crippen LogP contribution in [0.2, 0.25) is 0 Å². The van der Waals surface area contributed by atoms with E-state index in [1.54, 1.807) is 12.0 Å². The van der Waals surface area contributed by atoms with Crippen LogP contribution in [0, 0.1) is 0 Å². The van der Waals surface area contributed by atoms with E-state index in [2.05, 4.69) is 10.2 Å². The van der Waals surface area contributed by atoms with Crippen molar-refractivity contribution in [2.75, 3.05) is 20.2 Å². The van der Waals surface area contributed by atoms with Gasteiger partial charge in [-0.15, -0.1) is 0 Å². The van der Waals surface area contributed by atoms with E-state index in [4.69, 9.17) is 4.74 Å². The van der Waals surface area contributed by atoms with Crippen molar-refractivity contribution in [1.29, 1.82) is 0 Å². The van der Waals surface area contributed by atoms with Gasteiger partial charge >= 0.3 is 0 Å². The van der Waals surface area contributed by atoms with E-state index >= 15 is 0 Å². The van der Waals surface area contributed by atoms with Gasteiger partial charge in [-0.05, 0) is 25.8 Å². The van der Waals surface area contributed by atoms with Crippen molar-refractivity contribution in [2.24, 2.45) is 0 Å². The number of ether oxygens (including phenoxy) is 1. The van der Waals surface area contributed by atoms with Gasteiger partial charge in [0.2, 0.25) is 0 Å². The molecule has 1 aromatic heterocycles. The Kier molecular flexibility index (Phi) is 4.55. The third-order valence-corrected chi connectivity index (χ3v) is 3.53. The van der Waals surface area contributed by atoms with Crippen LogP contribution in [0.4, 0.5) is 0 Å². The summed E-state index contributed by atoms with van der Waals surface area (Å²) in [4.78, 5) is 13.4. The predicted molar refractivity (Wildman–Crippen MR) is 69.5 cm³/mol. The highest BCUT2D eigenvalue weighted by molar-refractivity contribution is 5.80. The van der Waals surface area contributed by atoms with E-state index in [0.717, 1.165) is 24.2 Å². The lowest BCUT2D eigenvalue weighted by atomic mass is 9.93. The van der Waals surface area contributed by atoms with Crippen molar-refractivity contribution < 1.29 is 14.6 Å². The van der Waals surface area contributed by atoms with Gasteiger partial charge in [0.1, 0.15) is 6.10 Å². The normalized spacial score (nSPS) is 18.6. The summed E-state index contributed by atoms with van der Waals surface area (Å²) in [7, 11) is 1.65. The molecule has 0 radical (unpaired) electrons. The Morgan fingerprint density at radius 3 is 2.89 bits per heavy atom. The number of aliphatic hydroxyl groups excluding tert-OH is 1. The standard InChI is InChI=1S/C13H21N3O3/c1-9(17)13(18)16-5-3-10(4-6-16)12-7-11(8-19-2)14-15-12/h7,9-10,17H,3-6,8H2,1-2H3,(H,14,15)/t9-/m0/s1. The number of aromatic amines is 1. The Labute approximate surface area is 112 Å². The molecule has 1 amide bonds. The number of hydrogen-bond acceptors (Lipinski definition) is 4. The average Bonchev–Trinajstić information content (AvgIpc) is 2.87. The zero-order valence-corrected chi connectivity index (χ0v) is 11.4. The van der Waals surface area contributed by atoms with E-state index in [0.29, 0.717) is 25.6 Å². The van der Waals surface area contributed by atoms with E-state index in [1.807, 2.05) is 6.07 Å². The zero-order valence-electron chi connectivity index (χ0n) is 11.4. The first kappa shape index (κ1) is 14.0. The summed E-state index contributed by atoms with van der Waals surface area (Å²) in [6.07, 6.45) is 0.862. The van der Waals surface area contributed by atoms with Crippen molar-refractivity contribution in [2.45, 2.75) is 38.4 Å². The molecule has 106 valence electrons. The van der Waals surface area contributed by atoms with E-state index < -0.39 is 6.10 Å². The van der Waals surface area contributed by atoms with Crippen molar-refractivity contribution in [1.82, 2.24) is 15.1 Å². The molecule has 2 heterocycles. The Hall–Kier alpha value is -1.40. The van der Waals surface area contributed by atoms with Gasteiger partial charge in [0.25, 0.3) is 5.91 Å². The number of hydrogen-bond donors (Lipinski definition) is 2. The van der Waals surface area contributed by atoms with Gasteiger partial charge in [-0.2, -0.15) is 5.10 Å². The number of carbonyl (C=O) groups excluding carboxylic acids is 1.